The van der Waals surface area contributed by atoms with E-state index < -0.39 is 18.4 Å². The smallest absolute Gasteiger partial charge is 0.361 e. The van der Waals surface area contributed by atoms with E-state index in [2.05, 4.69) is 74.6 Å². The molecular weight excluding hydrogens is 1220 g/mol. The number of allylic oxidation sites excluding steroid dienone is 10. The maximum Gasteiger partial charge on any atom is 0.361 e. The minimum absolute atomic E-state index is 0.175. The van der Waals surface area contributed by atoms with Crippen molar-refractivity contribution in [2.75, 3.05) is 47.5 Å². The van der Waals surface area contributed by atoms with Crippen LogP contribution in [0.2, 0.25) is 0 Å². The summed E-state index contributed by atoms with van der Waals surface area (Å²) in [5.74, 6) is -1.97. The maximum atomic E-state index is 13.0. The first-order valence-corrected chi connectivity index (χ1v) is 43.5. The number of nitrogens with zero attached hydrogens (tertiary/aromatic N) is 1. The summed E-state index contributed by atoms with van der Waals surface area (Å²) in [7, 11) is 6.00. The molecule has 0 aliphatic heterocycles. The van der Waals surface area contributed by atoms with Crippen LogP contribution in [0.25, 0.3) is 0 Å². The van der Waals surface area contributed by atoms with Gasteiger partial charge in [-0.25, -0.2) is 4.79 Å². The molecule has 0 aromatic carbocycles. The molecule has 2 unspecified atom stereocenters. The Morgan fingerprint density at radius 3 is 0.869 bits per heavy atom. The number of rotatable bonds is 82. The molecule has 99 heavy (non-hydrogen) atoms. The Kier molecular flexibility index (Phi) is 78.2. The molecule has 1 N–H and O–H groups in total. The second-order valence-electron chi connectivity index (χ2n) is 30.8. The molecule has 0 bridgehead atoms. The summed E-state index contributed by atoms with van der Waals surface area (Å²) < 4.78 is 23.1. The van der Waals surface area contributed by atoms with E-state index in [0.717, 1.165) is 64.2 Å². The third kappa shape index (κ3) is 82.2. The number of carboxylic acid groups (broad SMARTS) is 1. The average molecular weight is 1390 g/mol. The Labute approximate surface area is 615 Å². The zero-order valence-corrected chi connectivity index (χ0v) is 66.7. The Bertz CT molecular complexity index is 1820. The highest BCUT2D eigenvalue weighted by molar-refractivity contribution is 5.71. The fourth-order valence-corrected chi connectivity index (χ4v) is 13.2. The highest BCUT2D eigenvalue weighted by atomic mass is 16.7. The summed E-state index contributed by atoms with van der Waals surface area (Å²) in [6, 6.07) is 0. The van der Waals surface area contributed by atoms with Crippen LogP contribution >= 0.6 is 0 Å². The van der Waals surface area contributed by atoms with Crippen LogP contribution in [0.5, 0.6) is 0 Å². The lowest BCUT2D eigenvalue weighted by Crippen LogP contribution is -2.40. The highest BCUT2D eigenvalue weighted by Gasteiger charge is 2.25. The molecule has 580 valence electrons. The Hall–Kier alpha value is -3.01. The predicted octanol–water partition coefficient (Wildman–Crippen LogP) is 28.2. The quantitative estimate of drug-likeness (QED) is 0.0211. The van der Waals surface area contributed by atoms with Gasteiger partial charge >= 0.3 is 17.9 Å². The van der Waals surface area contributed by atoms with Gasteiger partial charge in [-0.05, 0) is 77.0 Å². The topological polar surface area (TPSA) is 108 Å². The lowest BCUT2D eigenvalue weighted by Gasteiger charge is -2.25. The monoisotopic (exact) mass is 1390 g/mol. The zero-order valence-electron chi connectivity index (χ0n) is 66.7. The lowest BCUT2D eigenvalue weighted by atomic mass is 10.0. The van der Waals surface area contributed by atoms with E-state index in [-0.39, 0.29) is 38.2 Å². The largest absolute Gasteiger partial charge is 0.477 e. The van der Waals surface area contributed by atoms with Crippen LogP contribution in [0.4, 0.5) is 0 Å². The van der Waals surface area contributed by atoms with E-state index in [0.29, 0.717) is 17.4 Å². The minimum Gasteiger partial charge on any atom is -0.477 e. The first-order valence-electron chi connectivity index (χ1n) is 43.5. The number of quaternary nitrogens is 1. The number of esters is 2. The Morgan fingerprint density at radius 2 is 0.576 bits per heavy atom. The minimum atomic E-state index is -1.51. The third-order valence-electron chi connectivity index (χ3n) is 19.8. The molecule has 0 amide bonds. The molecule has 0 saturated carbocycles. The van der Waals surface area contributed by atoms with Crippen molar-refractivity contribution in [1.82, 2.24) is 0 Å². The number of carboxylic acids is 1. The van der Waals surface area contributed by atoms with Crippen molar-refractivity contribution in [3.05, 3.63) is 60.8 Å². The van der Waals surface area contributed by atoms with Gasteiger partial charge in [-0.1, -0.05) is 408 Å². The molecule has 0 aromatic rings. The van der Waals surface area contributed by atoms with E-state index in [1.807, 2.05) is 21.1 Å². The summed E-state index contributed by atoms with van der Waals surface area (Å²) in [4.78, 5) is 37.8. The van der Waals surface area contributed by atoms with Crippen molar-refractivity contribution in [3.63, 3.8) is 0 Å². The van der Waals surface area contributed by atoms with Crippen molar-refractivity contribution in [2.45, 2.75) is 450 Å². The first-order chi connectivity index (χ1) is 48.6. The van der Waals surface area contributed by atoms with Gasteiger partial charge in [0.25, 0.3) is 6.29 Å². The summed E-state index contributed by atoms with van der Waals surface area (Å²) in [5.41, 5.74) is 0. The van der Waals surface area contributed by atoms with Gasteiger partial charge in [-0.2, -0.15) is 0 Å². The van der Waals surface area contributed by atoms with E-state index in [1.165, 1.54) is 347 Å². The third-order valence-corrected chi connectivity index (χ3v) is 19.8. The zero-order chi connectivity index (χ0) is 71.8. The number of carbonyl (C=O) groups excluding carboxylic acids is 2. The number of hydrogen-bond donors (Lipinski definition) is 1. The van der Waals surface area contributed by atoms with Crippen molar-refractivity contribution in [2.24, 2.45) is 0 Å². The van der Waals surface area contributed by atoms with Crippen LogP contribution in [0.3, 0.4) is 0 Å². The lowest BCUT2D eigenvalue weighted by molar-refractivity contribution is -0.870. The van der Waals surface area contributed by atoms with Gasteiger partial charge in [0.05, 0.1) is 34.4 Å². The van der Waals surface area contributed by atoms with Gasteiger partial charge in [-0.3, -0.25) is 9.59 Å². The molecule has 9 nitrogen and oxygen atoms in total. The van der Waals surface area contributed by atoms with Crippen molar-refractivity contribution < 1.29 is 42.9 Å². The Morgan fingerprint density at radius 1 is 0.313 bits per heavy atom. The fraction of sp³-hybridized carbons (Fsp3) is 0.856. The van der Waals surface area contributed by atoms with Gasteiger partial charge in [-0.15, -0.1) is 0 Å². The van der Waals surface area contributed by atoms with E-state index in [1.54, 1.807) is 0 Å². The first kappa shape index (κ1) is 96.0. The number of ether oxygens (including phenoxy) is 4. The molecule has 0 heterocycles. The number of carbonyl (C=O) groups is 3. The SMILES string of the molecule is CC/C=C\C/C=C\C/C=C\C/C=C\CCCCCCCCCCCCCCCCCCCCCCCCCCCCCCC(=O)OC(COC(=O)CCCCCCCCCCCCCCCCCCCCCCC/C=C\CCCCCCCCCC)COC(OCC[N+](C)(C)C)C(=O)O. The highest BCUT2D eigenvalue weighted by Crippen LogP contribution is 2.21. The molecule has 0 radical (unpaired) electrons. The second-order valence-corrected chi connectivity index (χ2v) is 30.8. The van der Waals surface area contributed by atoms with Gasteiger partial charge < -0.3 is 28.5 Å². The summed E-state index contributed by atoms with van der Waals surface area (Å²) in [6.45, 7) is 4.84. The molecular formula is C90H168NO8+. The average Bonchev–Trinajstić information content (AvgIpc) is 2.62. The molecule has 0 rings (SSSR count). The molecule has 0 aromatic heterocycles. The normalized spacial score (nSPS) is 12.9. The van der Waals surface area contributed by atoms with E-state index in [4.69, 9.17) is 18.9 Å². The Balaban J connectivity index is 3.91. The number of unbranched alkanes of at least 4 members (excludes halogenated alkanes) is 57. The maximum absolute atomic E-state index is 13.0. The summed E-state index contributed by atoms with van der Waals surface area (Å²) >= 11 is 0. The van der Waals surface area contributed by atoms with Crippen LogP contribution in [0, 0.1) is 0 Å². The van der Waals surface area contributed by atoms with Crippen LogP contribution in [-0.2, 0) is 33.3 Å². The van der Waals surface area contributed by atoms with Crippen LogP contribution < -0.4 is 0 Å². The van der Waals surface area contributed by atoms with Crippen molar-refractivity contribution >= 4 is 17.9 Å². The van der Waals surface area contributed by atoms with Gasteiger partial charge in [0, 0.05) is 12.8 Å². The molecule has 9 heteroatoms. The predicted molar refractivity (Wildman–Crippen MR) is 429 cm³/mol. The standard InChI is InChI=1S/C90H167NO8/c1-6-8-10-12-14-16-18-20-22-24-26-28-30-32-34-36-38-40-41-42-43-44-45-46-47-49-51-53-55-57-59-61-63-65-67-69-71-73-75-77-79-81-88(93)99-86(85-98-90(89(94)95)96-83-82-91(3,4)5)84-97-87(92)80-78-76-74-72-70-68-66-64-62-60-58-56-54-52-50-48-39-37-35-33-31-29-27-25-23-21-19-17-15-13-11-9-7-2/h8,10,14,16,20,22,25-28,86,90H,6-7,9,11-13,15,17-19,21,23-24,29-85H2,1-5H3/p+1/b10-8-,16-14-,22-20-,27-25-,28-26-. The van der Waals surface area contributed by atoms with Gasteiger partial charge in [0.2, 0.25) is 0 Å². The van der Waals surface area contributed by atoms with E-state index >= 15 is 0 Å². The second kappa shape index (κ2) is 80.7. The van der Waals surface area contributed by atoms with E-state index in [9.17, 15) is 19.5 Å². The molecule has 0 aliphatic carbocycles. The fourth-order valence-electron chi connectivity index (χ4n) is 13.2. The molecule has 0 fully saturated rings. The van der Waals surface area contributed by atoms with Gasteiger partial charge in [0.1, 0.15) is 13.2 Å². The van der Waals surface area contributed by atoms with Crippen molar-refractivity contribution in [3.8, 4) is 0 Å². The van der Waals surface area contributed by atoms with Crippen LogP contribution in [0.1, 0.15) is 438 Å². The van der Waals surface area contributed by atoms with Gasteiger partial charge in [0.15, 0.2) is 6.10 Å². The van der Waals surface area contributed by atoms with Crippen molar-refractivity contribution in [1.29, 1.82) is 0 Å². The molecule has 2 atom stereocenters. The number of likely N-dealkylation sites (N-methyl/N-ethyl adjacent to an activating group) is 1. The van der Waals surface area contributed by atoms with Crippen LogP contribution in [-0.4, -0.2) is 87.4 Å². The summed E-state index contributed by atoms with van der Waals surface area (Å²) in [5, 5.41) is 9.79. The number of hydrogen-bond acceptors (Lipinski definition) is 7. The molecule has 0 spiro atoms. The van der Waals surface area contributed by atoms with Crippen LogP contribution in [0.15, 0.2) is 60.8 Å². The molecule has 0 saturated heterocycles. The molecule has 0 aliphatic rings. The number of aliphatic carboxylic acids is 1. The summed E-state index contributed by atoms with van der Waals surface area (Å²) in [6.07, 6.45) is 106.